The third-order valence-corrected chi connectivity index (χ3v) is 8.84. The van der Waals surface area contributed by atoms with Crippen molar-refractivity contribution < 1.29 is 40.7 Å². The highest BCUT2D eigenvalue weighted by Gasteiger charge is 2.38. The van der Waals surface area contributed by atoms with Crippen LogP contribution in [0.1, 0.15) is 36.9 Å². The van der Waals surface area contributed by atoms with Gasteiger partial charge in [0.05, 0.1) is 26.2 Å². The van der Waals surface area contributed by atoms with Gasteiger partial charge in [-0.2, -0.15) is 13.2 Å². The molecular formula is C25H24ClF4N3O5S2. The number of anilines is 2. The molecule has 0 spiro atoms. The second-order valence-electron chi connectivity index (χ2n) is 8.92. The molecular weight excluding hydrogens is 598 g/mol. The van der Waals surface area contributed by atoms with Crippen LogP contribution in [-0.4, -0.2) is 36.6 Å². The summed E-state index contributed by atoms with van der Waals surface area (Å²) in [7, 11) is -3.96. The van der Waals surface area contributed by atoms with Crippen LogP contribution >= 0.6 is 22.9 Å². The predicted octanol–water partition coefficient (Wildman–Crippen LogP) is 6.78. The van der Waals surface area contributed by atoms with Crippen LogP contribution in [0.5, 0.6) is 0 Å². The van der Waals surface area contributed by atoms with E-state index in [9.17, 15) is 30.8 Å². The Kier molecular flexibility index (Phi) is 9.80. The number of carboxylic acids is 1. The van der Waals surface area contributed by atoms with Gasteiger partial charge in [0.1, 0.15) is 5.82 Å². The maximum Gasteiger partial charge on any atom is 0.490 e. The van der Waals surface area contributed by atoms with E-state index in [0.717, 1.165) is 36.6 Å². The molecule has 0 bridgehead atoms. The SMILES string of the molecule is Cc1ccc(-c2sc(NC(=O)C3CCCC3)nc2C)cc1S(=O)(=O)Nc1ccc(F)c(Cl)c1.O=C(O)C(F)(F)F. The van der Waals surface area contributed by atoms with E-state index in [-0.39, 0.29) is 27.4 Å². The fourth-order valence-corrected chi connectivity index (χ4v) is 6.38. The maximum atomic E-state index is 13.4. The van der Waals surface area contributed by atoms with Crippen LogP contribution in [0.4, 0.5) is 28.4 Å². The Hall–Kier alpha value is -3.23. The van der Waals surface area contributed by atoms with Gasteiger partial charge in [0.2, 0.25) is 5.91 Å². The van der Waals surface area contributed by atoms with Crippen molar-refractivity contribution in [3.63, 3.8) is 0 Å². The summed E-state index contributed by atoms with van der Waals surface area (Å²) >= 11 is 7.09. The Morgan fingerprint density at radius 1 is 1.10 bits per heavy atom. The first kappa shape index (κ1) is 31.3. The van der Waals surface area contributed by atoms with E-state index < -0.39 is 28.0 Å². The van der Waals surface area contributed by atoms with E-state index in [1.807, 2.05) is 13.0 Å². The zero-order valence-corrected chi connectivity index (χ0v) is 23.5. The highest BCUT2D eigenvalue weighted by Crippen LogP contribution is 2.36. The molecule has 1 aromatic heterocycles. The zero-order valence-electron chi connectivity index (χ0n) is 21.1. The third-order valence-electron chi connectivity index (χ3n) is 5.91. The van der Waals surface area contributed by atoms with Gasteiger partial charge < -0.3 is 10.4 Å². The molecule has 8 nitrogen and oxygen atoms in total. The van der Waals surface area contributed by atoms with Gasteiger partial charge in [-0.25, -0.2) is 22.6 Å². The first-order valence-corrected chi connectivity index (χ1v) is 14.4. The normalized spacial score (nSPS) is 13.9. The monoisotopic (exact) mass is 621 g/mol. The van der Waals surface area contributed by atoms with Crippen LogP contribution in [0.3, 0.4) is 0 Å². The number of aromatic nitrogens is 1. The van der Waals surface area contributed by atoms with Crippen molar-refractivity contribution in [3.8, 4) is 10.4 Å². The minimum absolute atomic E-state index is 0.0119. The highest BCUT2D eigenvalue weighted by molar-refractivity contribution is 7.92. The van der Waals surface area contributed by atoms with Crippen LogP contribution in [0.2, 0.25) is 5.02 Å². The standard InChI is InChI=1S/C23H23ClFN3O3S2.C2HF3O2/c1-13-7-8-16(11-20(13)33(30,31)28-17-9-10-19(25)18(24)12-17)21-14(2)26-23(32-21)27-22(29)15-5-3-4-6-15;3-2(4,5)1(6)7/h7-12,15,28H,3-6H2,1-2H3,(H,26,27,29);(H,6,7). The number of carbonyl (C=O) groups excluding carboxylic acids is 1. The molecule has 1 fully saturated rings. The lowest BCUT2D eigenvalue weighted by atomic mass is 10.1. The number of carboxylic acid groups (broad SMARTS) is 1. The number of aryl methyl sites for hydroxylation is 2. The van der Waals surface area contributed by atoms with Crippen LogP contribution < -0.4 is 10.0 Å². The van der Waals surface area contributed by atoms with Crippen molar-refractivity contribution in [3.05, 3.63) is 58.5 Å². The lowest BCUT2D eigenvalue weighted by molar-refractivity contribution is -0.192. The van der Waals surface area contributed by atoms with Gasteiger partial charge in [0.25, 0.3) is 10.0 Å². The van der Waals surface area contributed by atoms with E-state index in [1.165, 1.54) is 23.5 Å². The molecule has 2 aromatic carbocycles. The average molecular weight is 622 g/mol. The molecule has 3 N–H and O–H groups in total. The van der Waals surface area contributed by atoms with Gasteiger partial charge in [-0.15, -0.1) is 0 Å². The molecule has 4 rings (SSSR count). The summed E-state index contributed by atoms with van der Waals surface area (Å²) in [6.45, 7) is 3.52. The number of nitrogens with zero attached hydrogens (tertiary/aromatic N) is 1. The quantitative estimate of drug-likeness (QED) is 0.261. The summed E-state index contributed by atoms with van der Waals surface area (Å²) in [6, 6.07) is 8.76. The number of alkyl halides is 3. The first-order valence-electron chi connectivity index (χ1n) is 11.8. The van der Waals surface area contributed by atoms with Gasteiger partial charge >= 0.3 is 12.1 Å². The van der Waals surface area contributed by atoms with Gasteiger partial charge in [0.15, 0.2) is 5.13 Å². The highest BCUT2D eigenvalue weighted by atomic mass is 35.5. The van der Waals surface area contributed by atoms with Gasteiger partial charge in [-0.05, 0) is 62.1 Å². The summed E-state index contributed by atoms with van der Waals surface area (Å²) < 4.78 is 73.7. The van der Waals surface area contributed by atoms with Crippen LogP contribution in [0.25, 0.3) is 10.4 Å². The average Bonchev–Trinajstić information content (AvgIpc) is 3.51. The van der Waals surface area contributed by atoms with Crippen molar-refractivity contribution >= 4 is 55.7 Å². The second kappa shape index (κ2) is 12.5. The van der Waals surface area contributed by atoms with Gasteiger partial charge in [-0.3, -0.25) is 9.52 Å². The van der Waals surface area contributed by atoms with E-state index >= 15 is 0 Å². The van der Waals surface area contributed by atoms with Crippen molar-refractivity contribution in [1.82, 2.24) is 4.98 Å². The molecule has 0 saturated heterocycles. The molecule has 1 amide bonds. The molecule has 0 radical (unpaired) electrons. The molecule has 0 aliphatic heterocycles. The molecule has 1 saturated carbocycles. The molecule has 1 aliphatic carbocycles. The molecule has 1 heterocycles. The van der Waals surface area contributed by atoms with E-state index in [4.69, 9.17) is 21.5 Å². The van der Waals surface area contributed by atoms with Crippen LogP contribution in [-0.2, 0) is 19.6 Å². The van der Waals surface area contributed by atoms with Crippen LogP contribution in [0.15, 0.2) is 41.3 Å². The molecule has 216 valence electrons. The Labute approximate surface area is 236 Å². The number of benzene rings is 2. The number of amides is 1. The third kappa shape index (κ3) is 7.92. The number of thiazole rings is 1. The number of sulfonamides is 1. The minimum atomic E-state index is -5.08. The van der Waals surface area contributed by atoms with E-state index in [0.29, 0.717) is 22.0 Å². The Morgan fingerprint density at radius 2 is 1.73 bits per heavy atom. The Balaban J connectivity index is 0.000000559. The number of carbonyl (C=O) groups is 2. The number of rotatable bonds is 6. The van der Waals surface area contributed by atoms with Crippen molar-refractivity contribution in [1.29, 1.82) is 0 Å². The van der Waals surface area contributed by atoms with E-state index in [1.54, 1.807) is 19.1 Å². The minimum Gasteiger partial charge on any atom is -0.475 e. The van der Waals surface area contributed by atoms with E-state index in [2.05, 4.69) is 15.0 Å². The number of halogens is 5. The summed E-state index contributed by atoms with van der Waals surface area (Å²) in [6.07, 6.45) is -1.15. The van der Waals surface area contributed by atoms with Gasteiger partial charge in [0, 0.05) is 5.92 Å². The summed E-state index contributed by atoms with van der Waals surface area (Å²) in [5.74, 6) is -3.37. The summed E-state index contributed by atoms with van der Waals surface area (Å²) in [5, 5.41) is 10.4. The molecule has 15 heteroatoms. The molecule has 0 atom stereocenters. The fraction of sp³-hybridized carbons (Fsp3) is 0.320. The lowest BCUT2D eigenvalue weighted by Gasteiger charge is -2.12. The molecule has 40 heavy (non-hydrogen) atoms. The molecule has 0 unspecified atom stereocenters. The zero-order chi connectivity index (χ0) is 29.8. The van der Waals surface area contributed by atoms with Crippen molar-refractivity contribution in [2.24, 2.45) is 5.92 Å². The van der Waals surface area contributed by atoms with Crippen molar-refractivity contribution in [2.75, 3.05) is 10.0 Å². The number of nitrogens with one attached hydrogen (secondary N) is 2. The first-order chi connectivity index (χ1) is 18.6. The maximum absolute atomic E-state index is 13.4. The smallest absolute Gasteiger partial charge is 0.475 e. The van der Waals surface area contributed by atoms with Gasteiger partial charge in [-0.1, -0.05) is 47.9 Å². The Morgan fingerprint density at radius 3 is 2.30 bits per heavy atom. The van der Waals surface area contributed by atoms with Crippen LogP contribution in [0, 0.1) is 25.6 Å². The lowest BCUT2D eigenvalue weighted by Crippen LogP contribution is -2.21. The Bertz CT molecular complexity index is 1520. The second-order valence-corrected chi connectivity index (χ2v) is 12.0. The number of hydrogen-bond acceptors (Lipinski definition) is 6. The molecule has 3 aromatic rings. The number of hydrogen-bond donors (Lipinski definition) is 3. The fourth-order valence-electron chi connectivity index (χ4n) is 3.91. The predicted molar refractivity (Wildman–Crippen MR) is 144 cm³/mol. The summed E-state index contributed by atoms with van der Waals surface area (Å²) in [5.41, 5.74) is 2.09. The number of aliphatic carboxylic acids is 1. The summed E-state index contributed by atoms with van der Waals surface area (Å²) in [4.78, 5) is 26.7. The largest absolute Gasteiger partial charge is 0.490 e. The molecule has 1 aliphatic rings. The van der Waals surface area contributed by atoms with Crippen molar-refractivity contribution in [2.45, 2.75) is 50.6 Å². The topological polar surface area (TPSA) is 125 Å².